The highest BCUT2D eigenvalue weighted by Crippen LogP contribution is 2.34. The lowest BCUT2D eigenvalue weighted by Crippen LogP contribution is -2.59. The third-order valence-electron chi connectivity index (χ3n) is 5.85. The van der Waals surface area contributed by atoms with Crippen molar-refractivity contribution in [1.82, 2.24) is 10.2 Å². The van der Waals surface area contributed by atoms with E-state index in [1.165, 1.54) is 0 Å². The minimum atomic E-state index is -0.0265. The van der Waals surface area contributed by atoms with E-state index in [9.17, 15) is 9.59 Å². The smallest absolute Gasteiger partial charge is 0.322 e. The van der Waals surface area contributed by atoms with E-state index < -0.39 is 0 Å². The SMILES string of the molecule is Cc1cccc(NC(=O)N2[C@H]3CCC[C@H]2CC(NC(=O)c2ccccc2)C3)c1. The fraction of sp³-hybridized carbons (Fsp3) is 0.391. The Morgan fingerprint density at radius 2 is 1.68 bits per heavy atom. The maximum absolute atomic E-state index is 13.0. The minimum absolute atomic E-state index is 0.0202. The molecule has 28 heavy (non-hydrogen) atoms. The fourth-order valence-corrected chi connectivity index (χ4v) is 4.60. The van der Waals surface area contributed by atoms with Crippen LogP contribution in [-0.2, 0) is 0 Å². The summed E-state index contributed by atoms with van der Waals surface area (Å²) in [5, 5.41) is 6.25. The van der Waals surface area contributed by atoms with E-state index in [2.05, 4.69) is 10.6 Å². The molecule has 0 radical (unpaired) electrons. The number of urea groups is 1. The van der Waals surface area contributed by atoms with Gasteiger partial charge in [0.2, 0.25) is 0 Å². The Kier molecular flexibility index (Phi) is 5.33. The molecule has 4 rings (SSSR count). The van der Waals surface area contributed by atoms with Crippen LogP contribution in [0.5, 0.6) is 0 Å². The number of piperidine rings is 2. The van der Waals surface area contributed by atoms with E-state index in [-0.39, 0.29) is 30.1 Å². The maximum Gasteiger partial charge on any atom is 0.322 e. The molecule has 2 aliphatic rings. The van der Waals surface area contributed by atoms with Crippen LogP contribution in [0.1, 0.15) is 48.0 Å². The quantitative estimate of drug-likeness (QED) is 0.836. The highest BCUT2D eigenvalue weighted by molar-refractivity contribution is 5.94. The van der Waals surface area contributed by atoms with Crippen molar-refractivity contribution in [2.24, 2.45) is 0 Å². The summed E-state index contributed by atoms with van der Waals surface area (Å²) in [7, 11) is 0. The number of nitrogens with zero attached hydrogens (tertiary/aromatic N) is 1. The molecular formula is C23H27N3O2. The Labute approximate surface area is 166 Å². The van der Waals surface area contributed by atoms with Gasteiger partial charge in [0, 0.05) is 29.4 Å². The zero-order valence-electron chi connectivity index (χ0n) is 16.2. The number of aryl methyl sites for hydroxylation is 1. The number of hydrogen-bond donors (Lipinski definition) is 2. The first-order valence-electron chi connectivity index (χ1n) is 10.1. The molecule has 2 aliphatic heterocycles. The van der Waals surface area contributed by atoms with Crippen molar-refractivity contribution in [3.05, 3.63) is 65.7 Å². The minimum Gasteiger partial charge on any atom is -0.349 e. The second-order valence-electron chi connectivity index (χ2n) is 7.95. The van der Waals surface area contributed by atoms with Gasteiger partial charge in [-0.1, -0.05) is 30.3 Å². The Hall–Kier alpha value is -2.82. The monoisotopic (exact) mass is 377 g/mol. The first-order chi connectivity index (χ1) is 13.6. The molecule has 2 aromatic rings. The number of carbonyl (C=O) groups excluding carboxylic acids is 2. The van der Waals surface area contributed by atoms with Crippen molar-refractivity contribution in [3.8, 4) is 0 Å². The van der Waals surface area contributed by atoms with Crippen molar-refractivity contribution in [1.29, 1.82) is 0 Å². The molecule has 2 bridgehead atoms. The Morgan fingerprint density at radius 1 is 0.964 bits per heavy atom. The normalized spacial score (nSPS) is 23.8. The van der Waals surface area contributed by atoms with E-state index in [1.807, 2.05) is 66.4 Å². The Bertz CT molecular complexity index is 838. The van der Waals surface area contributed by atoms with Gasteiger partial charge >= 0.3 is 6.03 Å². The molecule has 0 aliphatic carbocycles. The molecule has 2 N–H and O–H groups in total. The van der Waals surface area contributed by atoms with Crippen LogP contribution in [-0.4, -0.2) is 35.0 Å². The molecule has 0 aromatic heterocycles. The highest BCUT2D eigenvalue weighted by Gasteiger charge is 2.41. The topological polar surface area (TPSA) is 61.4 Å². The number of hydrogen-bond acceptors (Lipinski definition) is 2. The van der Waals surface area contributed by atoms with E-state index in [1.54, 1.807) is 0 Å². The lowest BCUT2D eigenvalue weighted by molar-refractivity contribution is 0.0577. The summed E-state index contributed by atoms with van der Waals surface area (Å²) in [4.78, 5) is 27.5. The van der Waals surface area contributed by atoms with Gasteiger partial charge in [-0.15, -0.1) is 0 Å². The second kappa shape index (κ2) is 8.05. The summed E-state index contributed by atoms with van der Waals surface area (Å²) in [6.45, 7) is 2.02. The number of nitrogens with one attached hydrogen (secondary N) is 2. The van der Waals surface area contributed by atoms with Crippen molar-refractivity contribution in [2.75, 3.05) is 5.32 Å². The van der Waals surface area contributed by atoms with Gasteiger partial charge in [0.05, 0.1) is 0 Å². The van der Waals surface area contributed by atoms with Gasteiger partial charge in [0.15, 0.2) is 0 Å². The number of fused-ring (bicyclic) bond motifs is 2. The van der Waals surface area contributed by atoms with Crippen molar-refractivity contribution < 1.29 is 9.59 Å². The van der Waals surface area contributed by atoms with Gasteiger partial charge in [-0.25, -0.2) is 4.79 Å². The lowest BCUT2D eigenvalue weighted by Gasteiger charge is -2.48. The summed E-state index contributed by atoms with van der Waals surface area (Å²) in [5.41, 5.74) is 2.65. The van der Waals surface area contributed by atoms with Crippen LogP contribution in [0, 0.1) is 6.92 Å². The molecule has 0 unspecified atom stereocenters. The number of carbonyl (C=O) groups is 2. The predicted octanol–water partition coefficient (Wildman–Crippen LogP) is 4.34. The van der Waals surface area contributed by atoms with Gasteiger partial charge in [0.25, 0.3) is 5.91 Å². The molecule has 146 valence electrons. The third kappa shape index (κ3) is 4.03. The molecule has 2 heterocycles. The van der Waals surface area contributed by atoms with Crippen LogP contribution in [0.2, 0.25) is 0 Å². The van der Waals surface area contributed by atoms with Gasteiger partial charge in [0.1, 0.15) is 0 Å². The largest absolute Gasteiger partial charge is 0.349 e. The molecule has 5 heteroatoms. The molecule has 5 nitrogen and oxygen atoms in total. The van der Waals surface area contributed by atoms with Gasteiger partial charge < -0.3 is 15.5 Å². The molecule has 2 saturated heterocycles. The highest BCUT2D eigenvalue weighted by atomic mass is 16.2. The fourth-order valence-electron chi connectivity index (χ4n) is 4.60. The van der Waals surface area contributed by atoms with E-state index in [4.69, 9.17) is 0 Å². The van der Waals surface area contributed by atoms with Crippen molar-refractivity contribution in [3.63, 3.8) is 0 Å². The zero-order chi connectivity index (χ0) is 19.5. The summed E-state index contributed by atoms with van der Waals surface area (Å²) >= 11 is 0. The number of amides is 3. The number of anilines is 1. The van der Waals surface area contributed by atoms with Crippen molar-refractivity contribution >= 4 is 17.6 Å². The van der Waals surface area contributed by atoms with E-state index >= 15 is 0 Å². The molecule has 2 fully saturated rings. The molecular weight excluding hydrogens is 350 g/mol. The molecule has 2 atom stereocenters. The summed E-state index contributed by atoms with van der Waals surface area (Å²) in [6.07, 6.45) is 4.76. The van der Waals surface area contributed by atoms with E-state index in [0.717, 1.165) is 43.4 Å². The Balaban J connectivity index is 1.42. The summed E-state index contributed by atoms with van der Waals surface area (Å²) in [6, 6.07) is 17.7. The van der Waals surface area contributed by atoms with Crippen LogP contribution in [0.4, 0.5) is 10.5 Å². The molecule has 3 amide bonds. The standard InChI is InChI=1S/C23H27N3O2/c1-16-7-5-10-18(13-16)25-23(28)26-20-11-6-12-21(26)15-19(14-20)24-22(27)17-8-3-2-4-9-17/h2-5,7-10,13,19-21H,6,11-12,14-15H2,1H3,(H,24,27)(H,25,28)/t20-,21-/m0/s1. The van der Waals surface area contributed by atoms with E-state index in [0.29, 0.717) is 5.56 Å². The van der Waals surface area contributed by atoms with Crippen molar-refractivity contribution in [2.45, 2.75) is 57.2 Å². The molecule has 0 spiro atoms. The average molecular weight is 377 g/mol. The number of rotatable bonds is 3. The zero-order valence-corrected chi connectivity index (χ0v) is 16.2. The van der Waals surface area contributed by atoms with Crippen LogP contribution in [0.15, 0.2) is 54.6 Å². The lowest BCUT2D eigenvalue weighted by atomic mass is 9.82. The van der Waals surface area contributed by atoms with Gasteiger partial charge in [-0.2, -0.15) is 0 Å². The first-order valence-corrected chi connectivity index (χ1v) is 10.1. The van der Waals surface area contributed by atoms with Crippen LogP contribution < -0.4 is 10.6 Å². The molecule has 2 aromatic carbocycles. The average Bonchev–Trinajstić information content (AvgIpc) is 2.68. The third-order valence-corrected chi connectivity index (χ3v) is 5.85. The maximum atomic E-state index is 13.0. The number of benzene rings is 2. The molecule has 0 saturated carbocycles. The predicted molar refractivity (Wildman–Crippen MR) is 110 cm³/mol. The second-order valence-corrected chi connectivity index (χ2v) is 7.95. The van der Waals surface area contributed by atoms with Crippen LogP contribution >= 0.6 is 0 Å². The summed E-state index contributed by atoms with van der Waals surface area (Å²) < 4.78 is 0. The Morgan fingerprint density at radius 3 is 2.36 bits per heavy atom. The first kappa shape index (κ1) is 18.5. The van der Waals surface area contributed by atoms with Crippen LogP contribution in [0.3, 0.4) is 0 Å². The van der Waals surface area contributed by atoms with Gasteiger partial charge in [-0.05, 0) is 68.9 Å². The summed E-state index contributed by atoms with van der Waals surface area (Å²) in [5.74, 6) is -0.0265. The van der Waals surface area contributed by atoms with Gasteiger partial charge in [-0.3, -0.25) is 4.79 Å². The van der Waals surface area contributed by atoms with Crippen LogP contribution in [0.25, 0.3) is 0 Å².